The summed E-state index contributed by atoms with van der Waals surface area (Å²) < 4.78 is 7.22. The predicted molar refractivity (Wildman–Crippen MR) is 93.1 cm³/mol. The molecule has 21 heavy (non-hydrogen) atoms. The lowest BCUT2D eigenvalue weighted by Crippen LogP contribution is -2.22. The summed E-state index contributed by atoms with van der Waals surface area (Å²) in [4.78, 5) is 1.26. The summed E-state index contributed by atoms with van der Waals surface area (Å²) in [6.07, 6.45) is 1.10. The lowest BCUT2D eigenvalue weighted by molar-refractivity contribution is 0.473. The number of furan rings is 1. The van der Waals surface area contributed by atoms with Gasteiger partial charge in [0.15, 0.2) is 0 Å². The number of rotatable bonds is 5. The lowest BCUT2D eigenvalue weighted by Gasteiger charge is -2.15. The molecule has 0 amide bonds. The zero-order valence-electron chi connectivity index (χ0n) is 12.2. The van der Waals surface area contributed by atoms with Crippen molar-refractivity contribution in [3.8, 4) is 0 Å². The Balaban J connectivity index is 2.03. The Hall–Kier alpha value is -1.10. The predicted octanol–water partition coefficient (Wildman–Crippen LogP) is 5.65. The first-order valence-corrected chi connectivity index (χ1v) is 8.82. The second kappa shape index (κ2) is 6.34. The van der Waals surface area contributed by atoms with Crippen LogP contribution >= 0.6 is 27.3 Å². The normalized spacial score (nSPS) is 12.9. The SMILES string of the molecule is CCCNC(c1cc2cc(C)ccc2o1)c1sccc1Br. The Bertz CT molecular complexity index is 746. The van der Waals surface area contributed by atoms with Crippen LogP contribution < -0.4 is 5.32 Å². The molecule has 0 aliphatic heterocycles. The summed E-state index contributed by atoms with van der Waals surface area (Å²) in [5, 5.41) is 6.86. The van der Waals surface area contributed by atoms with Gasteiger partial charge in [-0.15, -0.1) is 11.3 Å². The van der Waals surface area contributed by atoms with E-state index in [-0.39, 0.29) is 6.04 Å². The molecule has 0 spiro atoms. The summed E-state index contributed by atoms with van der Waals surface area (Å²) in [5.74, 6) is 0.979. The third-order valence-electron chi connectivity index (χ3n) is 3.48. The average Bonchev–Trinajstić information content (AvgIpc) is 3.06. The average molecular weight is 364 g/mol. The Morgan fingerprint density at radius 1 is 1.29 bits per heavy atom. The molecule has 0 aliphatic carbocycles. The van der Waals surface area contributed by atoms with Crippen LogP contribution in [0.15, 0.2) is 44.6 Å². The highest BCUT2D eigenvalue weighted by molar-refractivity contribution is 9.10. The van der Waals surface area contributed by atoms with Gasteiger partial charge < -0.3 is 9.73 Å². The van der Waals surface area contributed by atoms with Crippen molar-refractivity contribution in [1.29, 1.82) is 0 Å². The van der Waals surface area contributed by atoms with E-state index in [1.54, 1.807) is 11.3 Å². The highest BCUT2D eigenvalue weighted by Gasteiger charge is 2.21. The summed E-state index contributed by atoms with van der Waals surface area (Å²) in [5.41, 5.74) is 2.21. The second-order valence-electron chi connectivity index (χ2n) is 5.21. The van der Waals surface area contributed by atoms with Gasteiger partial charge in [0.05, 0.1) is 0 Å². The van der Waals surface area contributed by atoms with Crippen LogP contribution in [-0.4, -0.2) is 6.54 Å². The van der Waals surface area contributed by atoms with Gasteiger partial charge in [0.25, 0.3) is 0 Å². The molecule has 2 nitrogen and oxygen atoms in total. The molecule has 0 bridgehead atoms. The molecule has 110 valence electrons. The van der Waals surface area contributed by atoms with E-state index in [0.29, 0.717) is 0 Å². The molecule has 0 saturated heterocycles. The summed E-state index contributed by atoms with van der Waals surface area (Å²) in [6, 6.07) is 10.7. The van der Waals surface area contributed by atoms with Crippen molar-refractivity contribution >= 4 is 38.2 Å². The van der Waals surface area contributed by atoms with Gasteiger partial charge in [-0.1, -0.05) is 18.6 Å². The maximum absolute atomic E-state index is 6.08. The number of halogens is 1. The summed E-state index contributed by atoms with van der Waals surface area (Å²) in [7, 11) is 0. The molecular weight excluding hydrogens is 346 g/mol. The fraction of sp³-hybridized carbons (Fsp3) is 0.294. The second-order valence-corrected chi connectivity index (χ2v) is 7.01. The van der Waals surface area contributed by atoms with Crippen LogP contribution in [-0.2, 0) is 0 Å². The fourth-order valence-electron chi connectivity index (χ4n) is 2.45. The number of nitrogens with one attached hydrogen (secondary N) is 1. The number of thiophene rings is 1. The lowest BCUT2D eigenvalue weighted by atomic mass is 10.1. The molecule has 1 N–H and O–H groups in total. The van der Waals surface area contributed by atoms with Gasteiger partial charge in [-0.25, -0.2) is 0 Å². The minimum atomic E-state index is 0.104. The van der Waals surface area contributed by atoms with Crippen molar-refractivity contribution in [1.82, 2.24) is 5.32 Å². The van der Waals surface area contributed by atoms with Gasteiger partial charge in [0.1, 0.15) is 17.4 Å². The van der Waals surface area contributed by atoms with E-state index >= 15 is 0 Å². The summed E-state index contributed by atoms with van der Waals surface area (Å²) >= 11 is 5.39. The minimum Gasteiger partial charge on any atom is -0.459 e. The zero-order valence-corrected chi connectivity index (χ0v) is 14.6. The number of benzene rings is 1. The van der Waals surface area contributed by atoms with Gasteiger partial charge in [0.2, 0.25) is 0 Å². The number of hydrogen-bond donors (Lipinski definition) is 1. The first kappa shape index (κ1) is 14.8. The quantitative estimate of drug-likeness (QED) is 0.632. The van der Waals surface area contributed by atoms with Crippen LogP contribution in [0.1, 0.15) is 35.6 Å². The van der Waals surface area contributed by atoms with E-state index < -0.39 is 0 Å². The van der Waals surface area contributed by atoms with Crippen LogP contribution in [0.4, 0.5) is 0 Å². The molecule has 4 heteroatoms. The van der Waals surface area contributed by atoms with Gasteiger partial charge in [-0.2, -0.15) is 0 Å². The minimum absolute atomic E-state index is 0.104. The molecule has 3 aromatic rings. The van der Waals surface area contributed by atoms with Crippen LogP contribution in [0.2, 0.25) is 0 Å². The molecule has 0 saturated carbocycles. The van der Waals surface area contributed by atoms with E-state index in [0.717, 1.165) is 28.8 Å². The number of fused-ring (bicyclic) bond motifs is 1. The molecular formula is C17H18BrNOS. The molecule has 2 heterocycles. The van der Waals surface area contributed by atoms with Crippen molar-refractivity contribution in [3.05, 3.63) is 56.4 Å². The van der Waals surface area contributed by atoms with Gasteiger partial charge >= 0.3 is 0 Å². The maximum atomic E-state index is 6.08. The molecule has 1 aromatic carbocycles. The molecule has 0 fully saturated rings. The van der Waals surface area contributed by atoms with Crippen molar-refractivity contribution in [2.75, 3.05) is 6.54 Å². The van der Waals surface area contributed by atoms with Gasteiger partial charge in [-0.05, 0) is 65.5 Å². The molecule has 1 atom stereocenters. The standard InChI is InChI=1S/C17H18BrNOS/c1-3-7-19-16(17-13(18)6-8-21-17)15-10-12-9-11(2)4-5-14(12)20-15/h4-6,8-10,16,19H,3,7H2,1-2H3. The first-order chi connectivity index (χ1) is 10.2. The van der Waals surface area contributed by atoms with Crippen LogP contribution in [0.3, 0.4) is 0 Å². The Morgan fingerprint density at radius 2 is 2.14 bits per heavy atom. The van der Waals surface area contributed by atoms with E-state index in [9.17, 15) is 0 Å². The number of hydrogen-bond acceptors (Lipinski definition) is 3. The Labute approximate surface area is 137 Å². The third-order valence-corrected chi connectivity index (χ3v) is 5.42. The van der Waals surface area contributed by atoms with E-state index in [4.69, 9.17) is 4.42 Å². The van der Waals surface area contributed by atoms with Crippen molar-refractivity contribution < 1.29 is 4.42 Å². The smallest absolute Gasteiger partial charge is 0.134 e. The fourth-order valence-corrected chi connectivity index (χ4v) is 4.13. The molecule has 0 radical (unpaired) electrons. The first-order valence-electron chi connectivity index (χ1n) is 7.15. The largest absolute Gasteiger partial charge is 0.459 e. The molecule has 2 aromatic heterocycles. The Kier molecular flexibility index (Phi) is 4.48. The van der Waals surface area contributed by atoms with E-state index in [1.807, 2.05) is 0 Å². The van der Waals surface area contributed by atoms with E-state index in [1.165, 1.54) is 15.8 Å². The molecule has 0 aliphatic rings. The Morgan fingerprint density at radius 3 is 2.86 bits per heavy atom. The van der Waals surface area contributed by atoms with Gasteiger partial charge in [-0.3, -0.25) is 0 Å². The zero-order chi connectivity index (χ0) is 14.8. The van der Waals surface area contributed by atoms with E-state index in [2.05, 4.69) is 70.8 Å². The molecule has 3 rings (SSSR count). The van der Waals surface area contributed by atoms with Crippen molar-refractivity contribution in [2.24, 2.45) is 0 Å². The highest BCUT2D eigenvalue weighted by atomic mass is 79.9. The van der Waals surface area contributed by atoms with Crippen molar-refractivity contribution in [2.45, 2.75) is 26.3 Å². The third kappa shape index (κ3) is 3.07. The maximum Gasteiger partial charge on any atom is 0.134 e. The molecule has 1 unspecified atom stereocenters. The number of aryl methyl sites for hydroxylation is 1. The van der Waals surface area contributed by atoms with Crippen LogP contribution in [0.5, 0.6) is 0 Å². The highest BCUT2D eigenvalue weighted by Crippen LogP contribution is 2.35. The van der Waals surface area contributed by atoms with Crippen LogP contribution in [0.25, 0.3) is 11.0 Å². The topological polar surface area (TPSA) is 25.2 Å². The van der Waals surface area contributed by atoms with Gasteiger partial charge in [0, 0.05) is 14.7 Å². The van der Waals surface area contributed by atoms with Crippen molar-refractivity contribution in [3.63, 3.8) is 0 Å². The summed E-state index contributed by atoms with van der Waals surface area (Å²) in [6.45, 7) is 5.25. The monoisotopic (exact) mass is 363 g/mol. The van der Waals surface area contributed by atoms with Crippen LogP contribution in [0, 0.1) is 6.92 Å².